The summed E-state index contributed by atoms with van der Waals surface area (Å²) in [5.41, 5.74) is 8.17. The van der Waals surface area contributed by atoms with Gasteiger partial charge >= 0.3 is 0 Å². The maximum atomic E-state index is 12.3. The highest BCUT2D eigenvalue weighted by Gasteiger charge is 2.26. The van der Waals surface area contributed by atoms with E-state index in [1.807, 2.05) is 12.3 Å². The molecule has 30 heavy (non-hydrogen) atoms. The number of imidazole rings is 1. The standard InChI is InChI=1S/C22H25N5O3/c1-29-8-9-30-18-4-2-16(3-5-18)27-13-15(12-23)19-10-17(26-7-6-25-14-26)11-20(21(19)27)22(24)28/h6-7,10-11,13-14,16,18H,2-5,8-9H2,1H3,(H2,24,28). The SMILES string of the molecule is COCCOC1CCC(n2cc(C#N)c3cc(-n4ccnc4)cc(C(N)=O)c32)CC1. The highest BCUT2D eigenvalue weighted by molar-refractivity contribution is 6.07. The Hall–Kier alpha value is -3.15. The van der Waals surface area contributed by atoms with Crippen molar-refractivity contribution in [2.24, 2.45) is 5.73 Å². The number of methoxy groups -OCH3 is 1. The van der Waals surface area contributed by atoms with Gasteiger partial charge in [0, 0.05) is 42.8 Å². The van der Waals surface area contributed by atoms with E-state index in [0.29, 0.717) is 24.3 Å². The third-order valence-electron chi connectivity index (χ3n) is 5.78. The summed E-state index contributed by atoms with van der Waals surface area (Å²) < 4.78 is 14.8. The van der Waals surface area contributed by atoms with Gasteiger partial charge in [0.15, 0.2) is 0 Å². The fraction of sp³-hybridized carbons (Fsp3) is 0.409. The number of hydrogen-bond acceptors (Lipinski definition) is 5. The molecule has 2 N–H and O–H groups in total. The van der Waals surface area contributed by atoms with Gasteiger partial charge in [0.2, 0.25) is 0 Å². The quantitative estimate of drug-likeness (QED) is 0.606. The van der Waals surface area contributed by atoms with Crippen LogP contribution in [0.25, 0.3) is 16.6 Å². The smallest absolute Gasteiger partial charge is 0.250 e. The Morgan fingerprint density at radius 3 is 2.73 bits per heavy atom. The molecule has 0 unspecified atom stereocenters. The Bertz CT molecular complexity index is 1070. The summed E-state index contributed by atoms with van der Waals surface area (Å²) in [5, 5.41) is 10.5. The molecule has 156 valence electrons. The van der Waals surface area contributed by atoms with E-state index >= 15 is 0 Å². The van der Waals surface area contributed by atoms with Crippen molar-refractivity contribution in [3.63, 3.8) is 0 Å². The van der Waals surface area contributed by atoms with Crippen molar-refractivity contribution in [3.05, 3.63) is 48.2 Å². The van der Waals surface area contributed by atoms with Crippen molar-refractivity contribution in [3.8, 4) is 11.8 Å². The van der Waals surface area contributed by atoms with Crippen LogP contribution in [0.1, 0.15) is 47.6 Å². The van der Waals surface area contributed by atoms with Crippen molar-refractivity contribution in [2.75, 3.05) is 20.3 Å². The van der Waals surface area contributed by atoms with E-state index in [1.165, 1.54) is 0 Å². The minimum Gasteiger partial charge on any atom is -0.382 e. The lowest BCUT2D eigenvalue weighted by Crippen LogP contribution is -2.25. The summed E-state index contributed by atoms with van der Waals surface area (Å²) in [5.74, 6) is -0.512. The van der Waals surface area contributed by atoms with Crippen molar-refractivity contribution < 1.29 is 14.3 Å². The lowest BCUT2D eigenvalue weighted by Gasteiger charge is -2.30. The predicted molar refractivity (Wildman–Crippen MR) is 111 cm³/mol. The summed E-state index contributed by atoms with van der Waals surface area (Å²) in [6.07, 6.45) is 10.9. The number of rotatable bonds is 7. The number of primary amides is 1. The molecule has 0 bridgehead atoms. The van der Waals surface area contributed by atoms with E-state index < -0.39 is 5.91 Å². The zero-order valence-electron chi connectivity index (χ0n) is 17.0. The molecule has 3 aromatic rings. The van der Waals surface area contributed by atoms with Crippen molar-refractivity contribution in [1.82, 2.24) is 14.1 Å². The molecule has 2 aromatic heterocycles. The average Bonchev–Trinajstić information content (AvgIpc) is 3.42. The van der Waals surface area contributed by atoms with E-state index in [2.05, 4.69) is 15.6 Å². The first-order valence-electron chi connectivity index (χ1n) is 10.1. The summed E-state index contributed by atoms with van der Waals surface area (Å²) in [6, 6.07) is 6.15. The van der Waals surface area contributed by atoms with E-state index in [-0.39, 0.29) is 12.1 Å². The maximum Gasteiger partial charge on any atom is 0.250 e. The second-order valence-electron chi connectivity index (χ2n) is 7.58. The van der Waals surface area contributed by atoms with Gasteiger partial charge < -0.3 is 24.3 Å². The second-order valence-corrected chi connectivity index (χ2v) is 7.58. The number of hydrogen-bond donors (Lipinski definition) is 1. The predicted octanol–water partition coefficient (Wildman–Crippen LogP) is 2.94. The minimum atomic E-state index is -0.512. The van der Waals surface area contributed by atoms with Crippen LogP contribution in [0.5, 0.6) is 0 Å². The third kappa shape index (κ3) is 3.82. The van der Waals surface area contributed by atoms with Crippen LogP contribution in [0.4, 0.5) is 0 Å². The Morgan fingerprint density at radius 1 is 1.30 bits per heavy atom. The molecule has 8 nitrogen and oxygen atoms in total. The number of fused-ring (bicyclic) bond motifs is 1. The zero-order chi connectivity index (χ0) is 21.1. The van der Waals surface area contributed by atoms with Crippen LogP contribution in [0.2, 0.25) is 0 Å². The first kappa shape index (κ1) is 20.1. The number of nitrogens with two attached hydrogens (primary N) is 1. The average molecular weight is 407 g/mol. The van der Waals surface area contributed by atoms with Crippen molar-refractivity contribution >= 4 is 16.8 Å². The second kappa shape index (κ2) is 8.69. The summed E-state index contributed by atoms with van der Waals surface area (Å²) >= 11 is 0. The maximum absolute atomic E-state index is 12.3. The van der Waals surface area contributed by atoms with Crippen LogP contribution in [-0.2, 0) is 9.47 Å². The van der Waals surface area contributed by atoms with Gasteiger partial charge in [0.25, 0.3) is 5.91 Å². The minimum absolute atomic E-state index is 0.189. The molecule has 1 fully saturated rings. The van der Waals surface area contributed by atoms with Gasteiger partial charge in [-0.25, -0.2) is 4.98 Å². The molecule has 1 aromatic carbocycles. The molecular weight excluding hydrogens is 382 g/mol. The molecule has 0 atom stereocenters. The van der Waals surface area contributed by atoms with Crippen LogP contribution >= 0.6 is 0 Å². The number of nitriles is 1. The number of amides is 1. The third-order valence-corrected chi connectivity index (χ3v) is 5.78. The summed E-state index contributed by atoms with van der Waals surface area (Å²) in [6.45, 7) is 1.19. The highest BCUT2D eigenvalue weighted by atomic mass is 16.5. The number of benzene rings is 1. The number of aromatic nitrogens is 3. The molecule has 8 heteroatoms. The van der Waals surface area contributed by atoms with Crippen LogP contribution in [0.3, 0.4) is 0 Å². The first-order valence-corrected chi connectivity index (χ1v) is 10.1. The van der Waals surface area contributed by atoms with Crippen molar-refractivity contribution in [1.29, 1.82) is 5.26 Å². The van der Waals surface area contributed by atoms with Crippen LogP contribution in [0, 0.1) is 11.3 Å². The highest BCUT2D eigenvalue weighted by Crippen LogP contribution is 2.36. The van der Waals surface area contributed by atoms with E-state index in [9.17, 15) is 10.1 Å². The largest absolute Gasteiger partial charge is 0.382 e. The summed E-state index contributed by atoms with van der Waals surface area (Å²) in [4.78, 5) is 16.4. The van der Waals surface area contributed by atoms with Crippen LogP contribution < -0.4 is 5.73 Å². The number of ether oxygens (including phenoxy) is 2. The lowest BCUT2D eigenvalue weighted by atomic mass is 9.92. The monoisotopic (exact) mass is 407 g/mol. The fourth-order valence-electron chi connectivity index (χ4n) is 4.29. The van der Waals surface area contributed by atoms with Gasteiger partial charge in [0.05, 0.1) is 42.3 Å². The molecule has 1 aliphatic carbocycles. The topological polar surface area (TPSA) is 108 Å². The van der Waals surface area contributed by atoms with E-state index in [1.54, 1.807) is 36.5 Å². The van der Waals surface area contributed by atoms with E-state index in [0.717, 1.165) is 42.3 Å². The van der Waals surface area contributed by atoms with Gasteiger partial charge in [-0.15, -0.1) is 0 Å². The normalized spacial score (nSPS) is 19.1. The Kier molecular flexibility index (Phi) is 5.84. The first-order chi connectivity index (χ1) is 14.6. The molecule has 1 aliphatic rings. The van der Waals surface area contributed by atoms with Crippen LogP contribution in [-0.4, -0.2) is 46.5 Å². The van der Waals surface area contributed by atoms with Gasteiger partial charge in [-0.1, -0.05) is 0 Å². The Balaban J connectivity index is 1.70. The molecule has 0 aliphatic heterocycles. The van der Waals surface area contributed by atoms with Gasteiger partial charge in [0.1, 0.15) is 6.07 Å². The molecule has 1 saturated carbocycles. The molecule has 1 amide bonds. The van der Waals surface area contributed by atoms with E-state index in [4.69, 9.17) is 15.2 Å². The molecule has 0 spiro atoms. The molecule has 2 heterocycles. The van der Waals surface area contributed by atoms with Gasteiger partial charge in [-0.2, -0.15) is 5.26 Å². The van der Waals surface area contributed by atoms with Crippen molar-refractivity contribution in [2.45, 2.75) is 37.8 Å². The number of nitrogens with zero attached hydrogens (tertiary/aromatic N) is 4. The summed E-state index contributed by atoms with van der Waals surface area (Å²) in [7, 11) is 1.67. The number of carbonyl (C=O) groups excluding carboxylic acids is 1. The molecule has 0 saturated heterocycles. The van der Waals surface area contributed by atoms with Gasteiger partial charge in [-0.3, -0.25) is 4.79 Å². The van der Waals surface area contributed by atoms with Crippen LogP contribution in [0.15, 0.2) is 37.1 Å². The lowest BCUT2D eigenvalue weighted by molar-refractivity contribution is -0.00620. The molecular formula is C22H25N5O3. The molecule has 4 rings (SSSR count). The zero-order valence-corrected chi connectivity index (χ0v) is 17.0. The number of carbonyl (C=O) groups is 1. The van der Waals surface area contributed by atoms with Gasteiger partial charge in [-0.05, 0) is 37.8 Å². The fourth-order valence-corrected chi connectivity index (χ4v) is 4.29. The molecule has 0 radical (unpaired) electrons. The Labute approximate surface area is 174 Å². The Morgan fingerprint density at radius 2 is 2.10 bits per heavy atom.